The van der Waals surface area contributed by atoms with Crippen LogP contribution in [0.3, 0.4) is 0 Å². The van der Waals surface area contributed by atoms with E-state index in [0.29, 0.717) is 13.1 Å². The number of urea groups is 1. The van der Waals surface area contributed by atoms with Gasteiger partial charge in [-0.2, -0.15) is 0 Å². The monoisotopic (exact) mass is 323 g/mol. The number of benzene rings is 2. The number of carbonyl (C=O) groups is 1. The fraction of sp³-hybridized carbons (Fsp3) is 0.350. The summed E-state index contributed by atoms with van der Waals surface area (Å²) in [7, 11) is 0. The molecule has 2 amide bonds. The first kappa shape index (κ1) is 16.5. The molecule has 0 aliphatic carbocycles. The van der Waals surface area contributed by atoms with Crippen molar-refractivity contribution in [2.24, 2.45) is 0 Å². The highest BCUT2D eigenvalue weighted by atomic mass is 16.2. The molecule has 0 atom stereocenters. The van der Waals surface area contributed by atoms with E-state index in [1.54, 1.807) is 0 Å². The van der Waals surface area contributed by atoms with Gasteiger partial charge >= 0.3 is 6.03 Å². The summed E-state index contributed by atoms with van der Waals surface area (Å²) >= 11 is 0. The molecule has 1 heterocycles. The molecular formula is C20H25N3O. The molecule has 1 aliphatic heterocycles. The maximum Gasteiger partial charge on any atom is 0.315 e. The molecule has 2 aromatic carbocycles. The predicted molar refractivity (Wildman–Crippen MR) is 96.8 cm³/mol. The Bertz CT molecular complexity index is 682. The van der Waals surface area contributed by atoms with Crippen molar-refractivity contribution < 1.29 is 4.79 Å². The van der Waals surface area contributed by atoms with Gasteiger partial charge in [-0.3, -0.25) is 4.90 Å². The molecule has 0 radical (unpaired) electrons. The first-order valence-electron chi connectivity index (χ1n) is 8.57. The van der Waals surface area contributed by atoms with Crippen LogP contribution in [0.1, 0.15) is 22.3 Å². The van der Waals surface area contributed by atoms with Gasteiger partial charge in [0.25, 0.3) is 0 Å². The van der Waals surface area contributed by atoms with Gasteiger partial charge in [-0.15, -0.1) is 0 Å². The average molecular weight is 323 g/mol. The molecule has 1 aliphatic rings. The minimum atomic E-state index is -0.104. The summed E-state index contributed by atoms with van der Waals surface area (Å²) in [6, 6.07) is 16.7. The van der Waals surface area contributed by atoms with E-state index in [1.165, 1.54) is 16.7 Å². The molecule has 3 rings (SSSR count). The molecule has 0 unspecified atom stereocenters. The molecule has 126 valence electrons. The molecule has 0 spiro atoms. The molecule has 0 aromatic heterocycles. The SMILES string of the molecule is Cc1ccc(CNC(=O)NCCN2CCc3ccccc3C2)cc1. The van der Waals surface area contributed by atoms with Crippen molar-refractivity contribution in [3.05, 3.63) is 70.8 Å². The summed E-state index contributed by atoms with van der Waals surface area (Å²) < 4.78 is 0. The number of nitrogens with zero attached hydrogens (tertiary/aromatic N) is 1. The highest BCUT2D eigenvalue weighted by molar-refractivity contribution is 5.73. The lowest BCUT2D eigenvalue weighted by Crippen LogP contribution is -2.41. The van der Waals surface area contributed by atoms with Crippen molar-refractivity contribution in [1.29, 1.82) is 0 Å². The number of aryl methyl sites for hydroxylation is 1. The lowest BCUT2D eigenvalue weighted by atomic mass is 10.00. The zero-order valence-electron chi connectivity index (χ0n) is 14.2. The standard InChI is InChI=1S/C20H25N3O/c1-16-6-8-17(9-7-16)14-22-20(24)21-11-13-23-12-10-18-4-2-3-5-19(18)15-23/h2-9H,10-15H2,1H3,(H2,21,22,24). The van der Waals surface area contributed by atoms with Gasteiger partial charge in [0.2, 0.25) is 0 Å². The zero-order chi connectivity index (χ0) is 16.8. The molecular weight excluding hydrogens is 298 g/mol. The minimum Gasteiger partial charge on any atom is -0.337 e. The quantitative estimate of drug-likeness (QED) is 0.889. The molecule has 0 bridgehead atoms. The van der Waals surface area contributed by atoms with Crippen LogP contribution in [0.15, 0.2) is 48.5 Å². The van der Waals surface area contributed by atoms with Crippen LogP contribution in [0.25, 0.3) is 0 Å². The molecule has 4 nitrogen and oxygen atoms in total. The van der Waals surface area contributed by atoms with Gasteiger partial charge in [0.1, 0.15) is 0 Å². The van der Waals surface area contributed by atoms with E-state index in [1.807, 2.05) is 12.1 Å². The highest BCUT2D eigenvalue weighted by Crippen LogP contribution is 2.17. The second kappa shape index (κ2) is 7.97. The van der Waals surface area contributed by atoms with Gasteiger partial charge in [0.05, 0.1) is 0 Å². The number of fused-ring (bicyclic) bond motifs is 1. The fourth-order valence-corrected chi connectivity index (χ4v) is 3.02. The average Bonchev–Trinajstić information content (AvgIpc) is 2.61. The fourth-order valence-electron chi connectivity index (χ4n) is 3.02. The molecule has 0 saturated heterocycles. The number of rotatable bonds is 5. The lowest BCUT2D eigenvalue weighted by Gasteiger charge is -2.28. The lowest BCUT2D eigenvalue weighted by molar-refractivity contribution is 0.230. The van der Waals surface area contributed by atoms with Crippen LogP contribution in [-0.4, -0.2) is 30.6 Å². The van der Waals surface area contributed by atoms with Crippen LogP contribution in [0.2, 0.25) is 0 Å². The Kier molecular flexibility index (Phi) is 5.49. The van der Waals surface area contributed by atoms with Crippen LogP contribution >= 0.6 is 0 Å². The summed E-state index contributed by atoms with van der Waals surface area (Å²) in [4.78, 5) is 14.3. The van der Waals surface area contributed by atoms with Gasteiger partial charge < -0.3 is 10.6 Å². The smallest absolute Gasteiger partial charge is 0.315 e. The molecule has 2 aromatic rings. The predicted octanol–water partition coefficient (Wildman–Crippen LogP) is 2.85. The topological polar surface area (TPSA) is 44.4 Å². The number of carbonyl (C=O) groups excluding carboxylic acids is 1. The Morgan fingerprint density at radius 3 is 2.58 bits per heavy atom. The Morgan fingerprint density at radius 1 is 1.04 bits per heavy atom. The van der Waals surface area contributed by atoms with Gasteiger partial charge in [0, 0.05) is 32.7 Å². The van der Waals surface area contributed by atoms with Crippen LogP contribution in [0.5, 0.6) is 0 Å². The van der Waals surface area contributed by atoms with Crippen LogP contribution in [0.4, 0.5) is 4.79 Å². The maximum atomic E-state index is 11.9. The number of hydrogen-bond acceptors (Lipinski definition) is 2. The first-order chi connectivity index (χ1) is 11.7. The van der Waals surface area contributed by atoms with E-state index < -0.39 is 0 Å². The first-order valence-corrected chi connectivity index (χ1v) is 8.57. The number of nitrogens with one attached hydrogen (secondary N) is 2. The number of amides is 2. The second-order valence-corrected chi connectivity index (χ2v) is 6.39. The van der Waals surface area contributed by atoms with Gasteiger partial charge in [0.15, 0.2) is 0 Å². The van der Waals surface area contributed by atoms with E-state index in [-0.39, 0.29) is 6.03 Å². The van der Waals surface area contributed by atoms with Crippen LogP contribution in [0, 0.1) is 6.92 Å². The Morgan fingerprint density at radius 2 is 1.79 bits per heavy atom. The molecule has 2 N–H and O–H groups in total. The highest BCUT2D eigenvalue weighted by Gasteiger charge is 2.15. The van der Waals surface area contributed by atoms with Crippen molar-refractivity contribution in [3.63, 3.8) is 0 Å². The zero-order valence-corrected chi connectivity index (χ0v) is 14.2. The molecule has 0 saturated carbocycles. The van der Waals surface area contributed by atoms with Gasteiger partial charge in [-0.25, -0.2) is 4.79 Å². The molecule has 4 heteroatoms. The van der Waals surface area contributed by atoms with E-state index >= 15 is 0 Å². The van der Waals surface area contributed by atoms with Crippen LogP contribution < -0.4 is 10.6 Å². The van der Waals surface area contributed by atoms with Crippen molar-refractivity contribution in [3.8, 4) is 0 Å². The minimum absolute atomic E-state index is 0.104. The van der Waals surface area contributed by atoms with Gasteiger partial charge in [-0.1, -0.05) is 54.1 Å². The summed E-state index contributed by atoms with van der Waals surface area (Å²) in [6.45, 7) is 6.20. The maximum absolute atomic E-state index is 11.9. The summed E-state index contributed by atoms with van der Waals surface area (Å²) in [6.07, 6.45) is 1.09. The summed E-state index contributed by atoms with van der Waals surface area (Å²) in [5.41, 5.74) is 5.21. The van der Waals surface area contributed by atoms with E-state index in [9.17, 15) is 4.79 Å². The molecule has 24 heavy (non-hydrogen) atoms. The van der Waals surface area contributed by atoms with Crippen molar-refractivity contribution in [2.75, 3.05) is 19.6 Å². The number of hydrogen-bond donors (Lipinski definition) is 2. The third-order valence-corrected chi connectivity index (χ3v) is 4.50. The van der Waals surface area contributed by atoms with E-state index in [2.05, 4.69) is 58.9 Å². The third-order valence-electron chi connectivity index (χ3n) is 4.50. The largest absolute Gasteiger partial charge is 0.337 e. The van der Waals surface area contributed by atoms with Gasteiger partial charge in [-0.05, 0) is 30.0 Å². The summed E-state index contributed by atoms with van der Waals surface area (Å²) in [5, 5.41) is 5.85. The van der Waals surface area contributed by atoms with Crippen molar-refractivity contribution >= 4 is 6.03 Å². The third kappa shape index (κ3) is 4.59. The van der Waals surface area contributed by atoms with Crippen molar-refractivity contribution in [2.45, 2.75) is 26.4 Å². The molecule has 0 fully saturated rings. The Labute approximate surface area is 143 Å². The normalized spacial score (nSPS) is 14.0. The second-order valence-electron chi connectivity index (χ2n) is 6.39. The van der Waals surface area contributed by atoms with Crippen LogP contribution in [-0.2, 0) is 19.5 Å². The Hall–Kier alpha value is -2.33. The summed E-state index contributed by atoms with van der Waals surface area (Å²) in [5.74, 6) is 0. The van der Waals surface area contributed by atoms with Crippen molar-refractivity contribution in [1.82, 2.24) is 15.5 Å². The Balaban J connectivity index is 1.36. The van der Waals surface area contributed by atoms with E-state index in [0.717, 1.165) is 31.6 Å². The van der Waals surface area contributed by atoms with E-state index in [4.69, 9.17) is 0 Å².